The number of thioether (sulfide) groups is 1. The summed E-state index contributed by atoms with van der Waals surface area (Å²) in [6.07, 6.45) is 4.94. The fourth-order valence-corrected chi connectivity index (χ4v) is 3.99. The summed E-state index contributed by atoms with van der Waals surface area (Å²) in [5, 5.41) is 12.4. The molecule has 2 aromatic heterocycles. The van der Waals surface area contributed by atoms with Crippen LogP contribution < -0.4 is 5.32 Å². The first kappa shape index (κ1) is 22.2. The van der Waals surface area contributed by atoms with E-state index in [1.54, 1.807) is 6.26 Å². The highest BCUT2D eigenvalue weighted by atomic mass is 32.2. The summed E-state index contributed by atoms with van der Waals surface area (Å²) >= 11 is 1.40. The number of nitrogens with zero attached hydrogens (tertiary/aromatic N) is 3. The van der Waals surface area contributed by atoms with Crippen LogP contribution in [0.15, 0.2) is 58.3 Å². The van der Waals surface area contributed by atoms with E-state index in [0.29, 0.717) is 35.0 Å². The van der Waals surface area contributed by atoms with Crippen molar-refractivity contribution in [1.82, 2.24) is 20.1 Å². The lowest BCUT2D eigenvalue weighted by atomic mass is 10.0. The van der Waals surface area contributed by atoms with Crippen LogP contribution in [0.3, 0.4) is 0 Å². The van der Waals surface area contributed by atoms with Gasteiger partial charge in [0.25, 0.3) is 0 Å². The molecule has 0 saturated heterocycles. The van der Waals surface area contributed by atoms with E-state index >= 15 is 0 Å². The largest absolute Gasteiger partial charge is 0.461 e. The third kappa shape index (κ3) is 6.49. The Morgan fingerprint density at radius 3 is 2.60 bits per heavy atom. The van der Waals surface area contributed by atoms with Crippen molar-refractivity contribution in [3.05, 3.63) is 54.3 Å². The van der Waals surface area contributed by atoms with E-state index in [9.17, 15) is 4.79 Å². The Morgan fingerprint density at radius 1 is 1.10 bits per heavy atom. The number of nitrogens with one attached hydrogen (secondary N) is 1. The first-order chi connectivity index (χ1) is 14.5. The summed E-state index contributed by atoms with van der Waals surface area (Å²) in [5.41, 5.74) is 1.13. The van der Waals surface area contributed by atoms with Crippen LogP contribution in [0.4, 0.5) is 0 Å². The lowest BCUT2D eigenvalue weighted by Gasteiger charge is -2.14. The van der Waals surface area contributed by atoms with E-state index < -0.39 is 0 Å². The van der Waals surface area contributed by atoms with Crippen molar-refractivity contribution in [3.8, 4) is 11.6 Å². The maximum Gasteiger partial charge on any atom is 0.230 e. The second-order valence-electron chi connectivity index (χ2n) is 7.94. The summed E-state index contributed by atoms with van der Waals surface area (Å²) in [6, 6.07) is 14.0. The molecule has 1 aromatic carbocycles. The highest BCUT2D eigenvalue weighted by molar-refractivity contribution is 7.99. The van der Waals surface area contributed by atoms with Crippen molar-refractivity contribution in [2.75, 3.05) is 5.75 Å². The quantitative estimate of drug-likeness (QED) is 0.436. The molecule has 7 heteroatoms. The van der Waals surface area contributed by atoms with Crippen molar-refractivity contribution in [2.45, 2.75) is 57.8 Å². The molecule has 30 heavy (non-hydrogen) atoms. The molecule has 6 nitrogen and oxygen atoms in total. The summed E-state index contributed by atoms with van der Waals surface area (Å²) in [5.74, 6) is 2.34. The predicted molar refractivity (Wildman–Crippen MR) is 120 cm³/mol. The van der Waals surface area contributed by atoms with Gasteiger partial charge >= 0.3 is 0 Å². The van der Waals surface area contributed by atoms with Gasteiger partial charge in [-0.3, -0.25) is 9.36 Å². The number of amides is 1. The van der Waals surface area contributed by atoms with Crippen molar-refractivity contribution in [2.24, 2.45) is 5.92 Å². The van der Waals surface area contributed by atoms with Crippen LogP contribution >= 0.6 is 11.8 Å². The molecule has 0 aliphatic rings. The van der Waals surface area contributed by atoms with Crippen LogP contribution in [0.25, 0.3) is 11.6 Å². The Morgan fingerprint density at radius 2 is 1.90 bits per heavy atom. The van der Waals surface area contributed by atoms with E-state index in [0.717, 1.165) is 18.4 Å². The molecule has 1 atom stereocenters. The highest BCUT2D eigenvalue weighted by Crippen LogP contribution is 2.25. The highest BCUT2D eigenvalue weighted by Gasteiger charge is 2.18. The zero-order valence-electron chi connectivity index (χ0n) is 17.9. The molecule has 0 spiro atoms. The predicted octanol–water partition coefficient (Wildman–Crippen LogP) is 5.01. The minimum atomic E-state index is 0.0193. The van der Waals surface area contributed by atoms with Crippen LogP contribution in [0.2, 0.25) is 0 Å². The van der Waals surface area contributed by atoms with Gasteiger partial charge in [-0.2, -0.15) is 0 Å². The van der Waals surface area contributed by atoms with E-state index in [2.05, 4.69) is 48.4 Å². The number of hydrogen-bond donors (Lipinski definition) is 1. The number of carbonyl (C=O) groups is 1. The normalized spacial score (nSPS) is 12.3. The van der Waals surface area contributed by atoms with Gasteiger partial charge in [0.2, 0.25) is 11.7 Å². The third-order valence-electron chi connectivity index (χ3n) is 4.80. The number of hydrogen-bond acceptors (Lipinski definition) is 5. The summed E-state index contributed by atoms with van der Waals surface area (Å²) in [6.45, 7) is 7.13. The SMILES string of the molecule is CC(C)CCC[C@H](C)NC(=O)CSc1nnc(-c2ccco2)n1Cc1ccccc1. The molecule has 2 heterocycles. The van der Waals surface area contributed by atoms with Crippen LogP contribution in [-0.2, 0) is 11.3 Å². The Hall–Kier alpha value is -2.54. The van der Waals surface area contributed by atoms with Gasteiger partial charge in [0.15, 0.2) is 10.9 Å². The van der Waals surface area contributed by atoms with Crippen molar-refractivity contribution < 1.29 is 9.21 Å². The first-order valence-corrected chi connectivity index (χ1v) is 11.4. The summed E-state index contributed by atoms with van der Waals surface area (Å²) in [4.78, 5) is 12.4. The Kier molecular flexibility index (Phi) is 8.13. The number of carbonyl (C=O) groups excluding carboxylic acids is 1. The molecule has 0 unspecified atom stereocenters. The van der Waals surface area contributed by atoms with E-state index in [-0.39, 0.29) is 11.9 Å². The van der Waals surface area contributed by atoms with Crippen molar-refractivity contribution in [3.63, 3.8) is 0 Å². The second kappa shape index (κ2) is 11.0. The molecule has 1 N–H and O–H groups in total. The molecule has 3 aromatic rings. The molecule has 0 bridgehead atoms. The van der Waals surface area contributed by atoms with Crippen LogP contribution in [0.5, 0.6) is 0 Å². The molecular weight excluding hydrogens is 396 g/mol. The Labute approximate surface area is 182 Å². The summed E-state index contributed by atoms with van der Waals surface area (Å²) in [7, 11) is 0. The standard InChI is InChI=1S/C23H30N4O2S/c1-17(2)9-7-10-18(3)24-21(28)16-30-23-26-25-22(20-13-8-14-29-20)27(23)15-19-11-5-4-6-12-19/h4-6,8,11-14,17-18H,7,9-10,15-16H2,1-3H3,(H,24,28)/t18-/m0/s1. The van der Waals surface area contributed by atoms with Gasteiger partial charge < -0.3 is 9.73 Å². The maximum absolute atomic E-state index is 12.4. The minimum Gasteiger partial charge on any atom is -0.461 e. The topological polar surface area (TPSA) is 73.0 Å². The monoisotopic (exact) mass is 426 g/mol. The van der Waals surface area contributed by atoms with Gasteiger partial charge in [0, 0.05) is 6.04 Å². The van der Waals surface area contributed by atoms with Gasteiger partial charge in [-0.15, -0.1) is 10.2 Å². The van der Waals surface area contributed by atoms with Gasteiger partial charge in [0.1, 0.15) is 0 Å². The van der Waals surface area contributed by atoms with E-state index in [1.165, 1.54) is 18.2 Å². The number of aromatic nitrogens is 3. The lowest BCUT2D eigenvalue weighted by molar-refractivity contribution is -0.119. The van der Waals surface area contributed by atoms with Crippen LogP contribution in [0.1, 0.15) is 45.6 Å². The molecule has 0 radical (unpaired) electrons. The molecule has 160 valence electrons. The van der Waals surface area contributed by atoms with Crippen molar-refractivity contribution in [1.29, 1.82) is 0 Å². The molecule has 0 aliphatic heterocycles. The van der Waals surface area contributed by atoms with Gasteiger partial charge in [0.05, 0.1) is 18.6 Å². The average Bonchev–Trinajstić information content (AvgIpc) is 3.37. The number of furan rings is 1. The van der Waals surface area contributed by atoms with E-state index in [4.69, 9.17) is 4.42 Å². The van der Waals surface area contributed by atoms with Crippen LogP contribution in [-0.4, -0.2) is 32.5 Å². The van der Waals surface area contributed by atoms with E-state index in [1.807, 2.05) is 34.9 Å². The van der Waals surface area contributed by atoms with Gasteiger partial charge in [-0.1, -0.05) is 68.8 Å². The van der Waals surface area contributed by atoms with Gasteiger partial charge in [-0.05, 0) is 37.0 Å². The molecule has 3 rings (SSSR count). The Bertz CT molecular complexity index is 907. The molecule has 0 fully saturated rings. The second-order valence-corrected chi connectivity index (χ2v) is 8.88. The molecule has 0 saturated carbocycles. The lowest BCUT2D eigenvalue weighted by Crippen LogP contribution is -2.33. The van der Waals surface area contributed by atoms with Gasteiger partial charge in [-0.25, -0.2) is 0 Å². The number of benzene rings is 1. The van der Waals surface area contributed by atoms with Crippen molar-refractivity contribution >= 4 is 17.7 Å². The third-order valence-corrected chi connectivity index (χ3v) is 5.77. The summed E-state index contributed by atoms with van der Waals surface area (Å²) < 4.78 is 7.53. The fraction of sp³-hybridized carbons (Fsp3) is 0.435. The Balaban J connectivity index is 1.63. The maximum atomic E-state index is 12.4. The number of rotatable bonds is 11. The molecule has 1 amide bonds. The van der Waals surface area contributed by atoms with Crippen LogP contribution in [0, 0.1) is 5.92 Å². The minimum absolute atomic E-state index is 0.0193. The molecular formula is C23H30N4O2S. The average molecular weight is 427 g/mol. The fourth-order valence-electron chi connectivity index (χ4n) is 3.24. The zero-order valence-corrected chi connectivity index (χ0v) is 18.7. The molecule has 0 aliphatic carbocycles. The smallest absolute Gasteiger partial charge is 0.230 e. The first-order valence-electron chi connectivity index (χ1n) is 10.5. The zero-order chi connectivity index (χ0) is 21.3.